The van der Waals surface area contributed by atoms with E-state index in [4.69, 9.17) is 14.2 Å². The molecule has 2 aromatic carbocycles. The second-order valence-electron chi connectivity index (χ2n) is 6.08. The summed E-state index contributed by atoms with van der Waals surface area (Å²) in [4.78, 5) is 14.8. The topological polar surface area (TPSA) is 48.0 Å². The first-order valence-corrected chi connectivity index (χ1v) is 8.37. The number of benzene rings is 2. The fraction of sp³-hybridized carbons (Fsp3) is 0.350. The summed E-state index contributed by atoms with van der Waals surface area (Å²) in [5.74, 6) is 0.955. The molecule has 1 aliphatic rings. The average molecular weight is 341 g/mol. The predicted octanol–water partition coefficient (Wildman–Crippen LogP) is 3.06. The third-order valence-electron chi connectivity index (χ3n) is 4.63. The van der Waals surface area contributed by atoms with Crippen LogP contribution in [0.25, 0.3) is 0 Å². The molecule has 25 heavy (non-hydrogen) atoms. The van der Waals surface area contributed by atoms with Gasteiger partial charge in [0.15, 0.2) is 11.5 Å². The molecule has 0 saturated carbocycles. The maximum absolute atomic E-state index is 12.7. The number of rotatable bonds is 5. The van der Waals surface area contributed by atoms with Gasteiger partial charge in [-0.2, -0.15) is 0 Å². The third-order valence-corrected chi connectivity index (χ3v) is 4.63. The van der Waals surface area contributed by atoms with Crippen LogP contribution in [0.15, 0.2) is 42.5 Å². The summed E-state index contributed by atoms with van der Waals surface area (Å²) in [6.07, 6.45) is 0.936. The van der Waals surface area contributed by atoms with Crippen molar-refractivity contribution >= 4 is 5.97 Å². The second kappa shape index (κ2) is 7.57. The molecular formula is C20H23NO4. The molecule has 5 nitrogen and oxygen atoms in total. The number of methoxy groups -OCH3 is 2. The smallest absolute Gasteiger partial charge is 0.328 e. The van der Waals surface area contributed by atoms with Crippen molar-refractivity contribution in [2.24, 2.45) is 0 Å². The van der Waals surface area contributed by atoms with E-state index in [1.54, 1.807) is 18.2 Å². The van der Waals surface area contributed by atoms with E-state index in [1.165, 1.54) is 25.3 Å². The van der Waals surface area contributed by atoms with Gasteiger partial charge in [0.05, 0.1) is 14.2 Å². The highest BCUT2D eigenvalue weighted by atomic mass is 16.6. The van der Waals surface area contributed by atoms with Crippen molar-refractivity contribution in [3.8, 4) is 17.2 Å². The van der Waals surface area contributed by atoms with Crippen molar-refractivity contribution in [1.29, 1.82) is 0 Å². The Morgan fingerprint density at radius 3 is 2.28 bits per heavy atom. The standard InChI is InChI=1S/C20H23NO4/c1-14(21-12-11-15-7-4-5-8-16(15)13-21)20(22)25-19-17(23-2)9-6-10-18(19)24-3/h4-10,14H,11-13H2,1-3H3. The zero-order valence-corrected chi connectivity index (χ0v) is 14.8. The zero-order chi connectivity index (χ0) is 17.8. The number of nitrogens with zero attached hydrogens (tertiary/aromatic N) is 1. The average Bonchev–Trinajstić information content (AvgIpc) is 2.67. The lowest BCUT2D eigenvalue weighted by Gasteiger charge is -2.32. The van der Waals surface area contributed by atoms with E-state index in [0.717, 1.165) is 19.5 Å². The predicted molar refractivity (Wildman–Crippen MR) is 95.2 cm³/mol. The molecule has 132 valence electrons. The summed E-state index contributed by atoms with van der Waals surface area (Å²) in [5.41, 5.74) is 2.62. The Morgan fingerprint density at radius 1 is 1.00 bits per heavy atom. The molecular weight excluding hydrogens is 318 g/mol. The van der Waals surface area contributed by atoms with Crippen LogP contribution in [0.4, 0.5) is 0 Å². The Morgan fingerprint density at radius 2 is 1.64 bits per heavy atom. The largest absolute Gasteiger partial charge is 0.493 e. The van der Waals surface area contributed by atoms with Gasteiger partial charge in [0.1, 0.15) is 6.04 Å². The SMILES string of the molecule is COc1cccc(OC)c1OC(=O)C(C)N1CCc2ccccc2C1. The van der Waals surface area contributed by atoms with E-state index >= 15 is 0 Å². The van der Waals surface area contributed by atoms with Crippen LogP contribution in [0.3, 0.4) is 0 Å². The van der Waals surface area contributed by atoms with Gasteiger partial charge in [-0.25, -0.2) is 4.79 Å². The lowest BCUT2D eigenvalue weighted by Crippen LogP contribution is -2.43. The molecule has 1 aliphatic heterocycles. The lowest BCUT2D eigenvalue weighted by atomic mass is 9.99. The molecule has 1 unspecified atom stereocenters. The van der Waals surface area contributed by atoms with Crippen molar-refractivity contribution in [3.63, 3.8) is 0 Å². The minimum atomic E-state index is -0.358. The molecule has 0 aromatic heterocycles. The van der Waals surface area contributed by atoms with E-state index in [9.17, 15) is 4.79 Å². The molecule has 3 rings (SSSR count). The monoisotopic (exact) mass is 341 g/mol. The van der Waals surface area contributed by atoms with Crippen LogP contribution in [0.2, 0.25) is 0 Å². The summed E-state index contributed by atoms with van der Waals surface area (Å²) in [6.45, 7) is 3.45. The number of para-hydroxylation sites is 1. The Bertz CT molecular complexity index is 737. The minimum absolute atomic E-state index is 0.317. The molecule has 0 fully saturated rings. The third kappa shape index (κ3) is 3.61. The highest BCUT2D eigenvalue weighted by Gasteiger charge is 2.28. The summed E-state index contributed by atoms with van der Waals surface area (Å²) >= 11 is 0. The van der Waals surface area contributed by atoms with E-state index in [1.807, 2.05) is 13.0 Å². The van der Waals surface area contributed by atoms with E-state index in [0.29, 0.717) is 17.2 Å². The van der Waals surface area contributed by atoms with Crippen LogP contribution in [-0.2, 0) is 17.8 Å². The first-order valence-electron chi connectivity index (χ1n) is 8.37. The fourth-order valence-corrected chi connectivity index (χ4v) is 3.10. The van der Waals surface area contributed by atoms with Crippen LogP contribution in [0, 0.1) is 0 Å². The van der Waals surface area contributed by atoms with Gasteiger partial charge in [-0.1, -0.05) is 30.3 Å². The quantitative estimate of drug-likeness (QED) is 0.618. The maximum atomic E-state index is 12.7. The van der Waals surface area contributed by atoms with Gasteiger partial charge < -0.3 is 14.2 Å². The lowest BCUT2D eigenvalue weighted by molar-refractivity contribution is -0.140. The molecule has 0 spiro atoms. The van der Waals surface area contributed by atoms with Gasteiger partial charge in [-0.15, -0.1) is 0 Å². The molecule has 0 bridgehead atoms. The van der Waals surface area contributed by atoms with E-state index < -0.39 is 0 Å². The number of ether oxygens (including phenoxy) is 3. The summed E-state index contributed by atoms with van der Waals surface area (Å²) in [5, 5.41) is 0. The number of esters is 1. The van der Waals surface area contributed by atoms with E-state index in [2.05, 4.69) is 23.1 Å². The number of hydrogen-bond acceptors (Lipinski definition) is 5. The first-order chi connectivity index (χ1) is 12.1. The Balaban J connectivity index is 1.74. The zero-order valence-electron chi connectivity index (χ0n) is 14.8. The highest BCUT2D eigenvalue weighted by molar-refractivity contribution is 5.79. The highest BCUT2D eigenvalue weighted by Crippen LogP contribution is 2.37. The minimum Gasteiger partial charge on any atom is -0.493 e. The summed E-state index contributed by atoms with van der Waals surface area (Å²) < 4.78 is 16.2. The molecule has 0 aliphatic carbocycles. The molecule has 0 saturated heterocycles. The van der Waals surface area contributed by atoms with Gasteiger partial charge in [-0.3, -0.25) is 4.90 Å². The molecule has 1 atom stereocenters. The van der Waals surface area contributed by atoms with Crippen molar-refractivity contribution in [3.05, 3.63) is 53.6 Å². The second-order valence-corrected chi connectivity index (χ2v) is 6.08. The van der Waals surface area contributed by atoms with Crippen molar-refractivity contribution in [2.75, 3.05) is 20.8 Å². The summed E-state index contributed by atoms with van der Waals surface area (Å²) in [7, 11) is 3.08. The van der Waals surface area contributed by atoms with Crippen LogP contribution in [0.5, 0.6) is 17.2 Å². The van der Waals surface area contributed by atoms with Gasteiger partial charge in [0.2, 0.25) is 5.75 Å². The Kier molecular flexibility index (Phi) is 5.24. The van der Waals surface area contributed by atoms with Crippen molar-refractivity contribution in [1.82, 2.24) is 4.90 Å². The fourth-order valence-electron chi connectivity index (χ4n) is 3.10. The number of carbonyl (C=O) groups excluding carboxylic acids is 1. The van der Waals surface area contributed by atoms with Gasteiger partial charge in [-0.05, 0) is 36.6 Å². The number of hydrogen-bond donors (Lipinski definition) is 0. The Hall–Kier alpha value is -2.53. The molecule has 0 radical (unpaired) electrons. The molecule has 0 N–H and O–H groups in total. The molecule has 1 heterocycles. The van der Waals surface area contributed by atoms with Crippen LogP contribution in [-0.4, -0.2) is 37.7 Å². The van der Waals surface area contributed by atoms with E-state index in [-0.39, 0.29) is 12.0 Å². The number of carbonyl (C=O) groups is 1. The molecule has 5 heteroatoms. The first kappa shape index (κ1) is 17.3. The van der Waals surface area contributed by atoms with Gasteiger partial charge in [0.25, 0.3) is 0 Å². The van der Waals surface area contributed by atoms with Crippen molar-refractivity contribution < 1.29 is 19.0 Å². The molecule has 0 amide bonds. The van der Waals surface area contributed by atoms with Crippen LogP contribution in [0.1, 0.15) is 18.1 Å². The molecule has 2 aromatic rings. The number of fused-ring (bicyclic) bond motifs is 1. The summed E-state index contributed by atoms with van der Waals surface area (Å²) in [6, 6.07) is 13.3. The van der Waals surface area contributed by atoms with Gasteiger partial charge in [0, 0.05) is 13.1 Å². The van der Waals surface area contributed by atoms with Crippen LogP contribution < -0.4 is 14.2 Å². The van der Waals surface area contributed by atoms with Crippen molar-refractivity contribution in [2.45, 2.75) is 25.9 Å². The normalized spacial score (nSPS) is 15.2. The van der Waals surface area contributed by atoms with Crippen LogP contribution >= 0.6 is 0 Å². The van der Waals surface area contributed by atoms with Gasteiger partial charge >= 0.3 is 5.97 Å². The Labute approximate surface area is 148 Å². The maximum Gasteiger partial charge on any atom is 0.328 e.